The van der Waals surface area contributed by atoms with Crippen LogP contribution >= 0.6 is 0 Å². The number of nitrogens with two attached hydrogens (primary N) is 1. The average Bonchev–Trinajstić information content (AvgIpc) is 3.14. The van der Waals surface area contributed by atoms with Gasteiger partial charge in [0.1, 0.15) is 17.5 Å². The number of fused-ring (bicyclic) bond motifs is 1. The molecule has 0 atom stereocenters. The van der Waals surface area contributed by atoms with Gasteiger partial charge in [-0.3, -0.25) is 0 Å². The quantitative estimate of drug-likeness (QED) is 0.553. The molecule has 0 bridgehead atoms. The predicted octanol–water partition coefficient (Wildman–Crippen LogP) is 3.83. The SMILES string of the molecule is Cc1ccc(S(=O)(=O)n2ccc3cc(Oc4cc(C#N)ncc4N)ccc32)cc1. The molecule has 0 fully saturated rings. The van der Waals surface area contributed by atoms with E-state index in [4.69, 9.17) is 15.7 Å². The number of aromatic nitrogens is 2. The van der Waals surface area contributed by atoms with Crippen LogP contribution in [0.4, 0.5) is 5.69 Å². The minimum atomic E-state index is -3.71. The van der Waals surface area contributed by atoms with Gasteiger partial charge >= 0.3 is 0 Å². The minimum absolute atomic E-state index is 0.186. The van der Waals surface area contributed by atoms with Gasteiger partial charge < -0.3 is 10.5 Å². The zero-order chi connectivity index (χ0) is 20.6. The second-order valence-electron chi connectivity index (χ2n) is 6.47. The van der Waals surface area contributed by atoms with E-state index in [1.165, 1.54) is 22.4 Å². The van der Waals surface area contributed by atoms with Crippen LogP contribution in [0.1, 0.15) is 11.3 Å². The summed E-state index contributed by atoms with van der Waals surface area (Å²) in [4.78, 5) is 4.09. The van der Waals surface area contributed by atoms with Crippen LogP contribution < -0.4 is 10.5 Å². The van der Waals surface area contributed by atoms with Crippen molar-refractivity contribution in [2.75, 3.05) is 5.73 Å². The van der Waals surface area contributed by atoms with E-state index in [9.17, 15) is 8.42 Å². The zero-order valence-electron chi connectivity index (χ0n) is 15.4. The van der Waals surface area contributed by atoms with Crippen molar-refractivity contribution in [1.29, 1.82) is 5.26 Å². The monoisotopic (exact) mass is 404 g/mol. The van der Waals surface area contributed by atoms with Crippen LogP contribution in [0.3, 0.4) is 0 Å². The summed E-state index contributed by atoms with van der Waals surface area (Å²) in [6.07, 6.45) is 2.87. The number of anilines is 1. The Kier molecular flexibility index (Phi) is 4.45. The summed E-state index contributed by atoms with van der Waals surface area (Å²) in [5.41, 5.74) is 7.85. The topological polar surface area (TPSA) is 111 Å². The molecule has 2 N–H and O–H groups in total. The molecule has 144 valence electrons. The average molecular weight is 404 g/mol. The summed E-state index contributed by atoms with van der Waals surface area (Å²) in [7, 11) is -3.71. The standard InChI is InChI=1S/C21H16N4O3S/c1-14-2-5-18(6-3-14)29(26,27)25-9-8-15-10-17(4-7-20(15)25)28-21-11-16(12-22)24-13-19(21)23/h2-11,13H,23H2,1H3. The summed E-state index contributed by atoms with van der Waals surface area (Å²) in [5, 5.41) is 9.67. The highest BCUT2D eigenvalue weighted by Crippen LogP contribution is 2.31. The fraction of sp³-hybridized carbons (Fsp3) is 0.0476. The second kappa shape index (κ2) is 6.96. The van der Waals surface area contributed by atoms with Gasteiger partial charge in [0.2, 0.25) is 0 Å². The third kappa shape index (κ3) is 3.39. The molecule has 0 spiro atoms. The molecule has 2 heterocycles. The maximum atomic E-state index is 13.0. The van der Waals surface area contributed by atoms with Gasteiger partial charge in [0.05, 0.1) is 22.3 Å². The molecule has 0 saturated carbocycles. The van der Waals surface area contributed by atoms with Gasteiger partial charge in [0.25, 0.3) is 10.0 Å². The third-order valence-electron chi connectivity index (χ3n) is 4.44. The highest BCUT2D eigenvalue weighted by Gasteiger charge is 2.19. The van der Waals surface area contributed by atoms with Crippen LogP contribution in [0.15, 0.2) is 71.9 Å². The van der Waals surface area contributed by atoms with E-state index >= 15 is 0 Å². The Balaban J connectivity index is 1.71. The smallest absolute Gasteiger partial charge is 0.268 e. The van der Waals surface area contributed by atoms with Gasteiger partial charge in [-0.2, -0.15) is 5.26 Å². The number of pyridine rings is 1. The normalized spacial score (nSPS) is 11.3. The number of nitriles is 1. The molecule has 8 heteroatoms. The number of hydrogen-bond acceptors (Lipinski definition) is 6. The number of aryl methyl sites for hydroxylation is 1. The maximum Gasteiger partial charge on any atom is 0.268 e. The molecule has 29 heavy (non-hydrogen) atoms. The van der Waals surface area contributed by atoms with Crippen LogP contribution in [-0.4, -0.2) is 17.4 Å². The highest BCUT2D eigenvalue weighted by molar-refractivity contribution is 7.90. The summed E-state index contributed by atoms with van der Waals surface area (Å²) < 4.78 is 33.0. The number of benzene rings is 2. The number of nitrogens with zero attached hydrogens (tertiary/aromatic N) is 3. The molecule has 0 unspecified atom stereocenters. The van der Waals surface area contributed by atoms with Gasteiger partial charge in [-0.1, -0.05) is 17.7 Å². The van der Waals surface area contributed by atoms with E-state index in [-0.39, 0.29) is 10.6 Å². The maximum absolute atomic E-state index is 13.0. The fourth-order valence-electron chi connectivity index (χ4n) is 2.92. The fourth-order valence-corrected chi connectivity index (χ4v) is 4.27. The van der Waals surface area contributed by atoms with Crippen molar-refractivity contribution in [2.45, 2.75) is 11.8 Å². The summed E-state index contributed by atoms with van der Waals surface area (Å²) in [6.45, 7) is 1.90. The van der Waals surface area contributed by atoms with Gasteiger partial charge in [-0.05, 0) is 43.3 Å². The van der Waals surface area contributed by atoms with E-state index < -0.39 is 10.0 Å². The molecule has 2 aromatic heterocycles. The van der Waals surface area contributed by atoms with E-state index in [0.717, 1.165) is 5.56 Å². The van der Waals surface area contributed by atoms with Crippen LogP contribution in [-0.2, 0) is 10.0 Å². The van der Waals surface area contributed by atoms with Crippen LogP contribution in [0.5, 0.6) is 11.5 Å². The van der Waals surface area contributed by atoms with Gasteiger partial charge in [-0.25, -0.2) is 17.4 Å². The summed E-state index contributed by atoms with van der Waals surface area (Å²) >= 11 is 0. The summed E-state index contributed by atoms with van der Waals surface area (Å²) in [6, 6.07) is 16.8. The lowest BCUT2D eigenvalue weighted by molar-refractivity contribution is 0.485. The second-order valence-corrected chi connectivity index (χ2v) is 8.29. The first-order valence-electron chi connectivity index (χ1n) is 8.65. The number of nitrogen functional groups attached to an aromatic ring is 1. The molecule has 2 aromatic carbocycles. The Morgan fingerprint density at radius 1 is 1.10 bits per heavy atom. The Bertz CT molecular complexity index is 1370. The Morgan fingerprint density at radius 3 is 2.59 bits per heavy atom. The predicted molar refractivity (Wildman–Crippen MR) is 109 cm³/mol. The van der Waals surface area contributed by atoms with Crippen molar-refractivity contribution < 1.29 is 13.2 Å². The summed E-state index contributed by atoms with van der Waals surface area (Å²) in [5.74, 6) is 0.771. The van der Waals surface area contributed by atoms with Crippen LogP contribution in [0.2, 0.25) is 0 Å². The number of hydrogen-bond donors (Lipinski definition) is 1. The van der Waals surface area contributed by atoms with Crippen LogP contribution in [0, 0.1) is 18.3 Å². The van der Waals surface area contributed by atoms with Crippen molar-refractivity contribution in [3.63, 3.8) is 0 Å². The lowest BCUT2D eigenvalue weighted by Gasteiger charge is -2.10. The highest BCUT2D eigenvalue weighted by atomic mass is 32.2. The van der Waals surface area contributed by atoms with Gasteiger partial charge in [0, 0.05) is 17.6 Å². The Hall–Kier alpha value is -3.83. The molecule has 0 aliphatic rings. The Labute approximate surface area is 167 Å². The first-order valence-corrected chi connectivity index (χ1v) is 10.1. The lowest BCUT2D eigenvalue weighted by Crippen LogP contribution is -2.11. The molecule has 7 nitrogen and oxygen atoms in total. The lowest BCUT2D eigenvalue weighted by atomic mass is 10.2. The molecule has 0 aliphatic carbocycles. The molecule has 4 rings (SSSR count). The minimum Gasteiger partial charge on any atom is -0.455 e. The van der Waals surface area contributed by atoms with Crippen molar-refractivity contribution >= 4 is 26.6 Å². The molecule has 0 amide bonds. The van der Waals surface area contributed by atoms with E-state index in [2.05, 4.69) is 4.98 Å². The van der Waals surface area contributed by atoms with Gasteiger partial charge in [-0.15, -0.1) is 0 Å². The first-order chi connectivity index (χ1) is 13.9. The van der Waals surface area contributed by atoms with Crippen molar-refractivity contribution in [1.82, 2.24) is 8.96 Å². The van der Waals surface area contributed by atoms with E-state index in [1.807, 2.05) is 13.0 Å². The van der Waals surface area contributed by atoms with E-state index in [1.54, 1.807) is 48.5 Å². The number of rotatable bonds is 4. The molecular formula is C21H16N4O3S. The molecule has 0 radical (unpaired) electrons. The molecule has 4 aromatic rings. The zero-order valence-corrected chi connectivity index (χ0v) is 16.2. The number of ether oxygens (including phenoxy) is 1. The molecule has 0 aliphatic heterocycles. The van der Waals surface area contributed by atoms with Crippen LogP contribution in [0.25, 0.3) is 10.9 Å². The third-order valence-corrected chi connectivity index (χ3v) is 6.15. The first kappa shape index (κ1) is 18.5. The van der Waals surface area contributed by atoms with Crippen molar-refractivity contribution in [3.05, 3.63) is 78.2 Å². The van der Waals surface area contributed by atoms with Gasteiger partial charge in [0.15, 0.2) is 5.75 Å². The van der Waals surface area contributed by atoms with Crippen molar-refractivity contribution in [3.8, 4) is 17.6 Å². The molecular weight excluding hydrogens is 388 g/mol. The van der Waals surface area contributed by atoms with Crippen molar-refractivity contribution in [2.24, 2.45) is 0 Å². The Morgan fingerprint density at radius 2 is 1.86 bits per heavy atom. The molecule has 0 saturated heterocycles. The largest absolute Gasteiger partial charge is 0.455 e. The van der Waals surface area contributed by atoms with E-state index in [0.29, 0.717) is 28.1 Å².